The largest absolute Gasteiger partial charge is 0.356 e. The average Bonchev–Trinajstić information content (AvgIpc) is 2.31. The highest BCUT2D eigenvalue weighted by atomic mass is 127. The normalized spacial score (nSPS) is 11.1. The molecule has 0 aliphatic heterocycles. The van der Waals surface area contributed by atoms with Gasteiger partial charge in [-0.1, -0.05) is 43.6 Å². The van der Waals surface area contributed by atoms with Crippen molar-refractivity contribution in [3.63, 3.8) is 0 Å². The summed E-state index contributed by atoms with van der Waals surface area (Å²) in [4.78, 5) is 4.16. The minimum absolute atomic E-state index is 0. The van der Waals surface area contributed by atoms with Gasteiger partial charge in [0.05, 0.1) is 0 Å². The predicted octanol–water partition coefficient (Wildman–Crippen LogP) is 3.28. The van der Waals surface area contributed by atoms with Crippen molar-refractivity contribution in [3.8, 4) is 0 Å². The molecular formula is C13H21ClIN3. The van der Waals surface area contributed by atoms with Gasteiger partial charge in [-0.15, -0.1) is 24.0 Å². The molecule has 1 rings (SSSR count). The Labute approximate surface area is 131 Å². The standard InChI is InChI=1S/C13H20ClN3.HI/c1-10(2)8-16-13(15-3)17-9-11-6-4-5-7-12(11)14;/h4-7,10H,8-9H2,1-3H3,(H2,15,16,17);1H. The number of hydrogen-bond donors (Lipinski definition) is 2. The monoisotopic (exact) mass is 381 g/mol. The molecule has 5 heteroatoms. The summed E-state index contributed by atoms with van der Waals surface area (Å²) in [6, 6.07) is 7.80. The van der Waals surface area contributed by atoms with Crippen molar-refractivity contribution in [2.24, 2.45) is 10.9 Å². The summed E-state index contributed by atoms with van der Waals surface area (Å²) >= 11 is 6.08. The minimum atomic E-state index is 0. The first kappa shape index (κ1) is 17.5. The van der Waals surface area contributed by atoms with Crippen LogP contribution < -0.4 is 10.6 Å². The van der Waals surface area contributed by atoms with Crippen molar-refractivity contribution in [2.75, 3.05) is 13.6 Å². The predicted molar refractivity (Wildman–Crippen MR) is 89.9 cm³/mol. The van der Waals surface area contributed by atoms with Gasteiger partial charge >= 0.3 is 0 Å². The molecule has 1 aromatic rings. The first-order valence-electron chi connectivity index (χ1n) is 5.81. The van der Waals surface area contributed by atoms with E-state index in [-0.39, 0.29) is 24.0 Å². The van der Waals surface area contributed by atoms with Crippen molar-refractivity contribution >= 4 is 41.5 Å². The summed E-state index contributed by atoms with van der Waals surface area (Å²) in [5.41, 5.74) is 1.07. The molecule has 0 unspecified atom stereocenters. The lowest BCUT2D eigenvalue weighted by molar-refractivity contribution is 0.614. The van der Waals surface area contributed by atoms with E-state index in [1.807, 2.05) is 24.3 Å². The molecule has 0 aliphatic rings. The van der Waals surface area contributed by atoms with E-state index in [0.717, 1.165) is 23.1 Å². The lowest BCUT2D eigenvalue weighted by atomic mass is 10.2. The summed E-state index contributed by atoms with van der Waals surface area (Å²) in [7, 11) is 1.77. The maximum atomic E-state index is 6.08. The Balaban J connectivity index is 0.00000289. The van der Waals surface area contributed by atoms with Gasteiger partial charge in [-0.25, -0.2) is 0 Å². The van der Waals surface area contributed by atoms with E-state index in [1.165, 1.54) is 0 Å². The van der Waals surface area contributed by atoms with Crippen molar-refractivity contribution in [2.45, 2.75) is 20.4 Å². The van der Waals surface area contributed by atoms with Gasteiger partial charge in [-0.05, 0) is 17.5 Å². The van der Waals surface area contributed by atoms with Crippen LogP contribution in [-0.2, 0) is 6.54 Å². The van der Waals surface area contributed by atoms with Crippen molar-refractivity contribution < 1.29 is 0 Å². The molecule has 0 saturated carbocycles. The van der Waals surface area contributed by atoms with Gasteiger partial charge < -0.3 is 10.6 Å². The molecule has 0 atom stereocenters. The molecular weight excluding hydrogens is 361 g/mol. The minimum Gasteiger partial charge on any atom is -0.356 e. The number of guanidine groups is 1. The topological polar surface area (TPSA) is 36.4 Å². The first-order chi connectivity index (χ1) is 8.13. The van der Waals surface area contributed by atoms with Crippen LogP contribution in [0, 0.1) is 5.92 Å². The molecule has 0 aliphatic carbocycles. The molecule has 0 spiro atoms. The second-order valence-corrected chi connectivity index (χ2v) is 4.70. The van der Waals surface area contributed by atoms with Crippen molar-refractivity contribution in [1.29, 1.82) is 0 Å². The van der Waals surface area contributed by atoms with E-state index in [2.05, 4.69) is 29.5 Å². The van der Waals surface area contributed by atoms with Gasteiger partial charge in [0.1, 0.15) is 0 Å². The SMILES string of the molecule is CN=C(NCc1ccccc1Cl)NCC(C)C.I. The maximum absolute atomic E-state index is 6.08. The average molecular weight is 382 g/mol. The number of hydrogen-bond acceptors (Lipinski definition) is 1. The fourth-order valence-electron chi connectivity index (χ4n) is 1.34. The Morgan fingerprint density at radius 2 is 1.94 bits per heavy atom. The van der Waals surface area contributed by atoms with E-state index in [9.17, 15) is 0 Å². The third-order valence-corrected chi connectivity index (χ3v) is 2.67. The van der Waals surface area contributed by atoms with E-state index >= 15 is 0 Å². The third kappa shape index (κ3) is 6.44. The van der Waals surface area contributed by atoms with Crippen LogP contribution in [-0.4, -0.2) is 19.6 Å². The summed E-state index contributed by atoms with van der Waals surface area (Å²) < 4.78 is 0. The van der Waals surface area contributed by atoms with Crippen LogP contribution in [0.1, 0.15) is 19.4 Å². The number of nitrogens with one attached hydrogen (secondary N) is 2. The zero-order chi connectivity index (χ0) is 12.7. The van der Waals surface area contributed by atoms with Crippen molar-refractivity contribution in [1.82, 2.24) is 10.6 Å². The van der Waals surface area contributed by atoms with E-state index in [0.29, 0.717) is 12.5 Å². The number of nitrogens with zero attached hydrogens (tertiary/aromatic N) is 1. The number of rotatable bonds is 4. The highest BCUT2D eigenvalue weighted by molar-refractivity contribution is 14.0. The number of aliphatic imine (C=N–C) groups is 1. The molecule has 0 aromatic heterocycles. The Morgan fingerprint density at radius 1 is 1.28 bits per heavy atom. The van der Waals surface area contributed by atoms with Gasteiger partial charge in [0.15, 0.2) is 5.96 Å². The van der Waals surface area contributed by atoms with E-state index in [4.69, 9.17) is 11.6 Å². The van der Waals surface area contributed by atoms with E-state index < -0.39 is 0 Å². The number of benzene rings is 1. The molecule has 0 fully saturated rings. The molecule has 0 bridgehead atoms. The Hall–Kier alpha value is -0.490. The highest BCUT2D eigenvalue weighted by Gasteiger charge is 2.01. The Bertz CT molecular complexity index is 380. The van der Waals surface area contributed by atoms with Crippen molar-refractivity contribution in [3.05, 3.63) is 34.9 Å². The van der Waals surface area contributed by atoms with Crippen LogP contribution in [0.3, 0.4) is 0 Å². The molecule has 0 amide bonds. The molecule has 2 N–H and O–H groups in total. The molecule has 0 radical (unpaired) electrons. The molecule has 0 heterocycles. The van der Waals surface area contributed by atoms with Gasteiger partial charge in [0, 0.05) is 25.2 Å². The van der Waals surface area contributed by atoms with Crippen LogP contribution >= 0.6 is 35.6 Å². The zero-order valence-corrected chi connectivity index (χ0v) is 14.1. The molecule has 0 saturated heterocycles. The zero-order valence-electron chi connectivity index (χ0n) is 11.0. The second-order valence-electron chi connectivity index (χ2n) is 4.29. The molecule has 102 valence electrons. The van der Waals surface area contributed by atoms with Crippen LogP contribution in [0.25, 0.3) is 0 Å². The lowest BCUT2D eigenvalue weighted by Gasteiger charge is -2.13. The summed E-state index contributed by atoms with van der Waals surface area (Å²) in [5, 5.41) is 7.27. The van der Waals surface area contributed by atoms with E-state index in [1.54, 1.807) is 7.05 Å². The molecule has 3 nitrogen and oxygen atoms in total. The smallest absolute Gasteiger partial charge is 0.191 e. The second kappa shape index (κ2) is 9.44. The fraction of sp³-hybridized carbons (Fsp3) is 0.462. The van der Waals surface area contributed by atoms with Crippen LogP contribution in [0.5, 0.6) is 0 Å². The van der Waals surface area contributed by atoms with Crippen LogP contribution in [0.2, 0.25) is 5.02 Å². The highest BCUT2D eigenvalue weighted by Crippen LogP contribution is 2.14. The lowest BCUT2D eigenvalue weighted by Crippen LogP contribution is -2.38. The summed E-state index contributed by atoms with van der Waals surface area (Å²) in [5.74, 6) is 1.40. The Kier molecular flexibility index (Phi) is 9.18. The van der Waals surface area contributed by atoms with Crippen LogP contribution in [0.4, 0.5) is 0 Å². The fourth-order valence-corrected chi connectivity index (χ4v) is 1.54. The third-order valence-electron chi connectivity index (χ3n) is 2.31. The summed E-state index contributed by atoms with van der Waals surface area (Å²) in [6.07, 6.45) is 0. The summed E-state index contributed by atoms with van der Waals surface area (Å²) in [6.45, 7) is 5.91. The molecule has 18 heavy (non-hydrogen) atoms. The van der Waals surface area contributed by atoms with Gasteiger partial charge in [0.25, 0.3) is 0 Å². The first-order valence-corrected chi connectivity index (χ1v) is 6.19. The molecule has 1 aromatic carbocycles. The maximum Gasteiger partial charge on any atom is 0.191 e. The van der Waals surface area contributed by atoms with Gasteiger partial charge in [-0.3, -0.25) is 4.99 Å². The van der Waals surface area contributed by atoms with Crippen LogP contribution in [0.15, 0.2) is 29.3 Å². The quantitative estimate of drug-likeness (QED) is 0.477. The number of halogens is 2. The Morgan fingerprint density at radius 3 is 2.50 bits per heavy atom. The van der Waals surface area contributed by atoms with Gasteiger partial charge in [0.2, 0.25) is 0 Å². The van der Waals surface area contributed by atoms with Gasteiger partial charge in [-0.2, -0.15) is 0 Å².